The Labute approximate surface area is 160 Å². The van der Waals surface area contributed by atoms with Crippen LogP contribution in [0.3, 0.4) is 0 Å². The highest BCUT2D eigenvalue weighted by Crippen LogP contribution is 2.29. The summed E-state index contributed by atoms with van der Waals surface area (Å²) in [7, 11) is 2.15. The zero-order valence-electron chi connectivity index (χ0n) is 16.5. The SMILES string of the molecule is Cc1ncn(CC2CCN(c3ncnc4c3CN(C)CC4)CC2)c(=O)c1C. The topological polar surface area (TPSA) is 67.2 Å². The van der Waals surface area contributed by atoms with Crippen molar-refractivity contribution in [3.63, 3.8) is 0 Å². The van der Waals surface area contributed by atoms with E-state index in [0.29, 0.717) is 5.92 Å². The fraction of sp³-hybridized carbons (Fsp3) is 0.600. The van der Waals surface area contributed by atoms with Gasteiger partial charge >= 0.3 is 0 Å². The van der Waals surface area contributed by atoms with Crippen molar-refractivity contribution in [2.75, 3.05) is 31.6 Å². The van der Waals surface area contributed by atoms with Gasteiger partial charge in [0.15, 0.2) is 0 Å². The molecule has 0 unspecified atom stereocenters. The van der Waals surface area contributed by atoms with Gasteiger partial charge < -0.3 is 9.80 Å². The van der Waals surface area contributed by atoms with Crippen LogP contribution >= 0.6 is 0 Å². The first kappa shape index (κ1) is 18.1. The molecule has 0 N–H and O–H groups in total. The molecule has 0 amide bonds. The van der Waals surface area contributed by atoms with Gasteiger partial charge in [-0.15, -0.1) is 0 Å². The molecule has 0 saturated carbocycles. The molecule has 144 valence electrons. The molecular formula is C20H28N6O. The van der Waals surface area contributed by atoms with Gasteiger partial charge in [0.25, 0.3) is 5.56 Å². The number of rotatable bonds is 3. The molecule has 2 aromatic heterocycles. The molecule has 0 atom stereocenters. The Balaban J connectivity index is 1.44. The van der Waals surface area contributed by atoms with Gasteiger partial charge in [-0.2, -0.15) is 0 Å². The van der Waals surface area contributed by atoms with E-state index in [1.807, 2.05) is 13.8 Å². The van der Waals surface area contributed by atoms with Gasteiger partial charge in [-0.25, -0.2) is 15.0 Å². The fourth-order valence-electron chi connectivity index (χ4n) is 4.15. The lowest BCUT2D eigenvalue weighted by atomic mass is 9.96. The number of anilines is 1. The molecule has 7 nitrogen and oxygen atoms in total. The van der Waals surface area contributed by atoms with Crippen LogP contribution in [0, 0.1) is 19.8 Å². The summed E-state index contributed by atoms with van der Waals surface area (Å²) in [5.41, 5.74) is 4.17. The van der Waals surface area contributed by atoms with Gasteiger partial charge in [0, 0.05) is 56.0 Å². The highest BCUT2D eigenvalue weighted by atomic mass is 16.1. The van der Waals surface area contributed by atoms with E-state index in [0.717, 1.165) is 69.1 Å². The summed E-state index contributed by atoms with van der Waals surface area (Å²) >= 11 is 0. The third-order valence-electron chi connectivity index (χ3n) is 6.05. The molecule has 0 aromatic carbocycles. The van der Waals surface area contributed by atoms with Crippen LogP contribution in [-0.4, -0.2) is 51.1 Å². The van der Waals surface area contributed by atoms with E-state index in [2.05, 4.69) is 31.8 Å². The monoisotopic (exact) mass is 368 g/mol. The highest BCUT2D eigenvalue weighted by molar-refractivity contribution is 5.49. The summed E-state index contributed by atoms with van der Waals surface area (Å²) in [6.45, 7) is 8.44. The lowest BCUT2D eigenvalue weighted by molar-refractivity contribution is 0.307. The van der Waals surface area contributed by atoms with E-state index in [4.69, 9.17) is 0 Å². The summed E-state index contributed by atoms with van der Waals surface area (Å²) in [6, 6.07) is 0. The van der Waals surface area contributed by atoms with Crippen LogP contribution < -0.4 is 10.5 Å². The fourth-order valence-corrected chi connectivity index (χ4v) is 4.15. The predicted molar refractivity (Wildman–Crippen MR) is 105 cm³/mol. The maximum Gasteiger partial charge on any atom is 0.256 e. The number of hydrogen-bond acceptors (Lipinski definition) is 6. The zero-order chi connectivity index (χ0) is 19.0. The highest BCUT2D eigenvalue weighted by Gasteiger charge is 2.26. The average Bonchev–Trinajstić information content (AvgIpc) is 2.68. The molecule has 0 spiro atoms. The molecule has 2 aliphatic rings. The maximum absolute atomic E-state index is 12.4. The number of nitrogens with zero attached hydrogens (tertiary/aromatic N) is 6. The van der Waals surface area contributed by atoms with Crippen LogP contribution in [-0.2, 0) is 19.5 Å². The van der Waals surface area contributed by atoms with Gasteiger partial charge in [0.2, 0.25) is 0 Å². The van der Waals surface area contributed by atoms with E-state index < -0.39 is 0 Å². The van der Waals surface area contributed by atoms with E-state index in [9.17, 15) is 4.79 Å². The average molecular weight is 368 g/mol. The van der Waals surface area contributed by atoms with Crippen LogP contribution in [0.2, 0.25) is 0 Å². The minimum absolute atomic E-state index is 0.0952. The third-order valence-corrected chi connectivity index (χ3v) is 6.05. The Morgan fingerprint density at radius 3 is 2.67 bits per heavy atom. The van der Waals surface area contributed by atoms with Crippen LogP contribution in [0.4, 0.5) is 5.82 Å². The quantitative estimate of drug-likeness (QED) is 0.819. The number of aromatic nitrogens is 4. The Morgan fingerprint density at radius 1 is 1.11 bits per heavy atom. The first-order valence-electron chi connectivity index (χ1n) is 9.82. The second-order valence-electron chi connectivity index (χ2n) is 7.95. The van der Waals surface area contributed by atoms with Gasteiger partial charge in [-0.1, -0.05) is 0 Å². The van der Waals surface area contributed by atoms with E-state index >= 15 is 0 Å². The summed E-state index contributed by atoms with van der Waals surface area (Å²) in [4.78, 5) is 30.6. The van der Waals surface area contributed by atoms with Crippen molar-refractivity contribution in [2.45, 2.75) is 46.2 Å². The maximum atomic E-state index is 12.4. The molecule has 7 heteroatoms. The van der Waals surface area contributed by atoms with Gasteiger partial charge in [-0.05, 0) is 39.7 Å². The smallest absolute Gasteiger partial charge is 0.256 e. The Hall–Kier alpha value is -2.28. The normalized spacial score (nSPS) is 18.6. The van der Waals surface area contributed by atoms with E-state index in [-0.39, 0.29) is 5.56 Å². The van der Waals surface area contributed by atoms with E-state index in [1.54, 1.807) is 17.2 Å². The largest absolute Gasteiger partial charge is 0.356 e. The minimum atomic E-state index is 0.0952. The molecule has 2 aliphatic heterocycles. The van der Waals surface area contributed by atoms with Crippen molar-refractivity contribution >= 4 is 5.82 Å². The van der Waals surface area contributed by atoms with Gasteiger partial charge in [-0.3, -0.25) is 9.36 Å². The van der Waals surface area contributed by atoms with Crippen molar-refractivity contribution in [3.05, 3.63) is 45.5 Å². The number of aryl methyl sites for hydroxylation is 1. The Bertz CT molecular complexity index is 885. The van der Waals surface area contributed by atoms with Crippen molar-refractivity contribution in [2.24, 2.45) is 5.92 Å². The van der Waals surface area contributed by atoms with Crippen LogP contribution in [0.15, 0.2) is 17.4 Å². The van der Waals surface area contributed by atoms with Crippen molar-refractivity contribution in [3.8, 4) is 0 Å². The molecule has 0 bridgehead atoms. The summed E-state index contributed by atoms with van der Waals surface area (Å²) in [6.07, 6.45) is 6.54. The summed E-state index contributed by atoms with van der Waals surface area (Å²) in [5, 5.41) is 0. The van der Waals surface area contributed by atoms with Gasteiger partial charge in [0.1, 0.15) is 12.1 Å². The zero-order valence-corrected chi connectivity index (χ0v) is 16.5. The molecule has 27 heavy (non-hydrogen) atoms. The van der Waals surface area contributed by atoms with Crippen LogP contribution in [0.5, 0.6) is 0 Å². The molecule has 0 aliphatic carbocycles. The van der Waals surface area contributed by atoms with Crippen LogP contribution in [0.25, 0.3) is 0 Å². The molecule has 0 radical (unpaired) electrons. The van der Waals surface area contributed by atoms with Gasteiger partial charge in [0.05, 0.1) is 12.0 Å². The third kappa shape index (κ3) is 3.60. The molecule has 4 rings (SSSR count). The second-order valence-corrected chi connectivity index (χ2v) is 7.95. The molecule has 1 fully saturated rings. The lowest BCUT2D eigenvalue weighted by Gasteiger charge is -2.35. The summed E-state index contributed by atoms with van der Waals surface area (Å²) in [5.74, 6) is 1.61. The first-order chi connectivity index (χ1) is 13.0. The standard InChI is InChI=1S/C20H28N6O/c1-14-15(2)23-13-26(20(14)27)10-16-4-8-25(9-5-16)19-17-11-24(3)7-6-18(17)21-12-22-19/h12-13,16H,4-11H2,1-3H3. The molecule has 2 aromatic rings. The Kier molecular flexibility index (Phi) is 4.95. The summed E-state index contributed by atoms with van der Waals surface area (Å²) < 4.78 is 1.78. The number of likely N-dealkylation sites (N-methyl/N-ethyl adjacent to an activating group) is 1. The van der Waals surface area contributed by atoms with Crippen molar-refractivity contribution in [1.82, 2.24) is 24.4 Å². The first-order valence-corrected chi connectivity index (χ1v) is 9.82. The number of piperidine rings is 1. The lowest BCUT2D eigenvalue weighted by Crippen LogP contribution is -2.39. The van der Waals surface area contributed by atoms with Crippen molar-refractivity contribution in [1.29, 1.82) is 0 Å². The molecule has 1 saturated heterocycles. The van der Waals surface area contributed by atoms with Crippen molar-refractivity contribution < 1.29 is 0 Å². The predicted octanol–water partition coefficient (Wildman–Crippen LogP) is 1.55. The number of fused-ring (bicyclic) bond motifs is 1. The number of hydrogen-bond donors (Lipinski definition) is 0. The Morgan fingerprint density at radius 2 is 1.89 bits per heavy atom. The van der Waals surface area contributed by atoms with Crippen LogP contribution in [0.1, 0.15) is 35.4 Å². The minimum Gasteiger partial charge on any atom is -0.356 e. The molecule has 4 heterocycles. The second kappa shape index (κ2) is 7.38. The molecular weight excluding hydrogens is 340 g/mol. The van der Waals surface area contributed by atoms with E-state index in [1.165, 1.54) is 11.3 Å².